The number of fused-ring (bicyclic) bond motifs is 1. The molecular weight excluding hydrogens is 408 g/mol. The molecule has 0 aromatic heterocycles. The molecule has 160 valence electrons. The van der Waals surface area contributed by atoms with Crippen LogP contribution < -0.4 is 19.5 Å². The van der Waals surface area contributed by atoms with Gasteiger partial charge in [0, 0.05) is 31.3 Å². The van der Waals surface area contributed by atoms with Gasteiger partial charge in [0.25, 0.3) is 0 Å². The molecule has 0 bridgehead atoms. The molecule has 2 aliphatic heterocycles. The average molecular weight is 432 g/mol. The largest absolute Gasteiger partial charge is 0.496 e. The first kappa shape index (κ1) is 20.5. The van der Waals surface area contributed by atoms with Crippen molar-refractivity contribution in [3.05, 3.63) is 48.0 Å². The molecule has 2 aliphatic rings. The summed E-state index contributed by atoms with van der Waals surface area (Å²) < 4.78 is 43.4. The second kappa shape index (κ2) is 8.53. The second-order valence-corrected chi connectivity index (χ2v) is 9.18. The Morgan fingerprint density at radius 1 is 1.20 bits per heavy atom. The molecule has 1 N–H and O–H groups in total. The highest BCUT2D eigenvalue weighted by Crippen LogP contribution is 2.35. The Morgan fingerprint density at radius 2 is 2.00 bits per heavy atom. The third-order valence-corrected chi connectivity index (χ3v) is 7.24. The summed E-state index contributed by atoms with van der Waals surface area (Å²) in [7, 11) is -2.15. The Balaban J connectivity index is 1.43. The van der Waals surface area contributed by atoms with Gasteiger partial charge in [0.05, 0.1) is 17.9 Å². The Bertz CT molecular complexity index is 1040. The van der Waals surface area contributed by atoms with Crippen molar-refractivity contribution < 1.29 is 27.4 Å². The van der Waals surface area contributed by atoms with E-state index in [0.29, 0.717) is 43.2 Å². The van der Waals surface area contributed by atoms with Crippen LogP contribution in [0.4, 0.5) is 0 Å². The predicted octanol–water partition coefficient (Wildman–Crippen LogP) is 2.14. The molecular formula is C21H24N2O6S. The van der Waals surface area contributed by atoms with Crippen LogP contribution in [-0.4, -0.2) is 45.6 Å². The van der Waals surface area contributed by atoms with Crippen molar-refractivity contribution >= 4 is 15.9 Å². The van der Waals surface area contributed by atoms with E-state index in [1.54, 1.807) is 13.2 Å². The maximum Gasteiger partial charge on any atom is 0.243 e. The first-order valence-electron chi connectivity index (χ1n) is 9.78. The van der Waals surface area contributed by atoms with Gasteiger partial charge >= 0.3 is 0 Å². The number of amides is 1. The lowest BCUT2D eigenvalue weighted by Gasteiger charge is -2.31. The van der Waals surface area contributed by atoms with E-state index in [9.17, 15) is 13.2 Å². The van der Waals surface area contributed by atoms with E-state index >= 15 is 0 Å². The smallest absolute Gasteiger partial charge is 0.243 e. The van der Waals surface area contributed by atoms with Crippen molar-refractivity contribution in [1.29, 1.82) is 0 Å². The number of methoxy groups -OCH3 is 1. The van der Waals surface area contributed by atoms with Crippen LogP contribution in [0.1, 0.15) is 18.4 Å². The number of piperidine rings is 1. The fraction of sp³-hybridized carbons (Fsp3) is 0.381. The van der Waals surface area contributed by atoms with E-state index < -0.39 is 15.9 Å². The Labute approximate surface area is 175 Å². The highest BCUT2D eigenvalue weighted by molar-refractivity contribution is 7.89. The van der Waals surface area contributed by atoms with Crippen molar-refractivity contribution in [1.82, 2.24) is 9.62 Å². The molecule has 1 fully saturated rings. The number of hydrogen-bond acceptors (Lipinski definition) is 6. The first-order valence-corrected chi connectivity index (χ1v) is 11.2. The molecule has 4 rings (SSSR count). The van der Waals surface area contributed by atoms with Gasteiger partial charge in [0.2, 0.25) is 22.7 Å². The van der Waals surface area contributed by atoms with Crippen molar-refractivity contribution in [2.75, 3.05) is 27.0 Å². The summed E-state index contributed by atoms with van der Waals surface area (Å²) in [5.41, 5.74) is 0.869. The van der Waals surface area contributed by atoms with Crippen LogP contribution in [0.5, 0.6) is 17.2 Å². The van der Waals surface area contributed by atoms with E-state index in [1.165, 1.54) is 16.4 Å². The van der Waals surface area contributed by atoms with Gasteiger partial charge in [-0.2, -0.15) is 4.31 Å². The van der Waals surface area contributed by atoms with Gasteiger partial charge in [-0.1, -0.05) is 18.2 Å². The molecule has 8 nitrogen and oxygen atoms in total. The molecule has 9 heteroatoms. The maximum absolute atomic E-state index is 13.1. The first-order chi connectivity index (χ1) is 14.5. The quantitative estimate of drug-likeness (QED) is 0.752. The van der Waals surface area contributed by atoms with E-state index in [-0.39, 0.29) is 24.1 Å². The highest BCUT2D eigenvalue weighted by atomic mass is 32.2. The summed E-state index contributed by atoms with van der Waals surface area (Å²) in [6.07, 6.45) is 1.27. The van der Waals surface area contributed by atoms with Gasteiger partial charge in [-0.15, -0.1) is 0 Å². The third kappa shape index (κ3) is 4.08. The summed E-state index contributed by atoms with van der Waals surface area (Å²) in [5.74, 6) is 1.08. The molecule has 30 heavy (non-hydrogen) atoms. The molecule has 0 saturated carbocycles. The van der Waals surface area contributed by atoms with Gasteiger partial charge in [0.15, 0.2) is 11.5 Å². The molecule has 1 atom stereocenters. The van der Waals surface area contributed by atoms with Crippen molar-refractivity contribution in [2.24, 2.45) is 5.92 Å². The van der Waals surface area contributed by atoms with Crippen LogP contribution >= 0.6 is 0 Å². The summed E-state index contributed by atoms with van der Waals surface area (Å²) in [6, 6.07) is 12.0. The minimum Gasteiger partial charge on any atom is -0.496 e. The van der Waals surface area contributed by atoms with Crippen LogP contribution in [0.2, 0.25) is 0 Å². The Kier molecular flexibility index (Phi) is 5.83. The van der Waals surface area contributed by atoms with Gasteiger partial charge in [-0.3, -0.25) is 4.79 Å². The molecule has 1 amide bonds. The van der Waals surface area contributed by atoms with Gasteiger partial charge in [-0.25, -0.2) is 8.42 Å². The molecule has 0 spiro atoms. The average Bonchev–Trinajstić information content (AvgIpc) is 3.25. The second-order valence-electron chi connectivity index (χ2n) is 7.25. The number of para-hydroxylation sites is 1. The number of nitrogens with one attached hydrogen (secondary N) is 1. The normalized spacial score (nSPS) is 18.8. The summed E-state index contributed by atoms with van der Waals surface area (Å²) in [4.78, 5) is 12.9. The van der Waals surface area contributed by atoms with E-state index in [1.807, 2.05) is 24.3 Å². The monoisotopic (exact) mass is 432 g/mol. The minimum absolute atomic E-state index is 0.0804. The van der Waals surface area contributed by atoms with Crippen molar-refractivity contribution in [3.8, 4) is 17.2 Å². The molecule has 2 heterocycles. The predicted molar refractivity (Wildman–Crippen MR) is 109 cm³/mol. The van der Waals surface area contributed by atoms with Gasteiger partial charge < -0.3 is 19.5 Å². The molecule has 0 radical (unpaired) electrons. The minimum atomic E-state index is -3.73. The number of ether oxygens (including phenoxy) is 3. The standard InChI is InChI=1S/C21H24N2O6S/c1-27-18-7-3-2-5-15(18)12-22-21(24)16-6-4-10-23(13-16)30(25,26)17-8-9-19-20(11-17)29-14-28-19/h2-3,5,7-9,11,16H,4,6,10,12-14H2,1H3,(H,22,24)/t16-/m0/s1. The number of benzene rings is 2. The zero-order valence-corrected chi connectivity index (χ0v) is 17.5. The maximum atomic E-state index is 13.1. The van der Waals surface area contributed by atoms with Crippen LogP contribution in [0.25, 0.3) is 0 Å². The van der Waals surface area contributed by atoms with E-state index in [0.717, 1.165) is 5.56 Å². The summed E-state index contributed by atoms with van der Waals surface area (Å²) >= 11 is 0. The Hall–Kier alpha value is -2.78. The topological polar surface area (TPSA) is 94.2 Å². The lowest BCUT2D eigenvalue weighted by atomic mass is 9.98. The number of hydrogen-bond donors (Lipinski definition) is 1. The number of sulfonamides is 1. The summed E-state index contributed by atoms with van der Waals surface area (Å²) in [6.45, 7) is 0.937. The molecule has 1 saturated heterocycles. The lowest BCUT2D eigenvalue weighted by molar-refractivity contribution is -0.126. The number of carbonyl (C=O) groups is 1. The zero-order valence-electron chi connectivity index (χ0n) is 16.7. The van der Waals surface area contributed by atoms with Crippen LogP contribution in [0.3, 0.4) is 0 Å². The lowest BCUT2D eigenvalue weighted by Crippen LogP contribution is -2.45. The zero-order chi connectivity index (χ0) is 21.1. The highest BCUT2D eigenvalue weighted by Gasteiger charge is 2.34. The fourth-order valence-electron chi connectivity index (χ4n) is 3.74. The number of carbonyl (C=O) groups excluding carboxylic acids is 1. The van der Waals surface area contributed by atoms with E-state index in [2.05, 4.69) is 5.32 Å². The third-order valence-electron chi connectivity index (χ3n) is 5.38. The number of rotatable bonds is 6. The van der Waals surface area contributed by atoms with Crippen LogP contribution in [-0.2, 0) is 21.4 Å². The fourth-order valence-corrected chi connectivity index (χ4v) is 5.28. The molecule has 2 aromatic carbocycles. The van der Waals surface area contributed by atoms with E-state index in [4.69, 9.17) is 14.2 Å². The molecule has 0 unspecified atom stereocenters. The molecule has 2 aromatic rings. The molecule has 0 aliphatic carbocycles. The Morgan fingerprint density at radius 3 is 2.83 bits per heavy atom. The number of nitrogens with zero attached hydrogens (tertiary/aromatic N) is 1. The van der Waals surface area contributed by atoms with Crippen LogP contribution in [0.15, 0.2) is 47.4 Å². The van der Waals surface area contributed by atoms with Gasteiger partial charge in [0.1, 0.15) is 5.75 Å². The van der Waals surface area contributed by atoms with Crippen LogP contribution in [0, 0.1) is 5.92 Å². The van der Waals surface area contributed by atoms with Crippen molar-refractivity contribution in [2.45, 2.75) is 24.3 Å². The summed E-state index contributed by atoms with van der Waals surface area (Å²) in [5, 5.41) is 2.91. The van der Waals surface area contributed by atoms with Crippen molar-refractivity contribution in [3.63, 3.8) is 0 Å². The SMILES string of the molecule is COc1ccccc1CNC(=O)[C@H]1CCCN(S(=O)(=O)c2ccc3c(c2)OCO3)C1. The van der Waals surface area contributed by atoms with Gasteiger partial charge in [-0.05, 0) is 31.0 Å².